The lowest BCUT2D eigenvalue weighted by atomic mass is 10.1. The highest BCUT2D eigenvalue weighted by atomic mass is 32.2. The third-order valence-corrected chi connectivity index (χ3v) is 4.33. The van der Waals surface area contributed by atoms with Crippen molar-refractivity contribution in [3.05, 3.63) is 42.0 Å². The van der Waals surface area contributed by atoms with Crippen molar-refractivity contribution in [1.82, 2.24) is 4.72 Å². The highest BCUT2D eigenvalue weighted by molar-refractivity contribution is 7.89. The molecule has 2 aromatic carbocycles. The number of benzene rings is 2. The van der Waals surface area contributed by atoms with E-state index in [4.69, 9.17) is 4.74 Å². The van der Waals surface area contributed by atoms with Gasteiger partial charge < -0.3 is 4.74 Å². The first-order valence-electron chi connectivity index (χ1n) is 6.08. The molecule has 0 saturated heterocycles. The van der Waals surface area contributed by atoms with Crippen LogP contribution in [0, 0.1) is 0 Å². The van der Waals surface area contributed by atoms with Crippen LogP contribution in [-0.4, -0.2) is 21.3 Å². The molecule has 102 valence electrons. The molecule has 0 radical (unpaired) electrons. The maximum Gasteiger partial charge on any atom is 0.211 e. The van der Waals surface area contributed by atoms with Crippen molar-refractivity contribution in [1.29, 1.82) is 0 Å². The van der Waals surface area contributed by atoms with Gasteiger partial charge in [0.15, 0.2) is 0 Å². The smallest absolute Gasteiger partial charge is 0.211 e. The number of methoxy groups -OCH3 is 1. The lowest BCUT2D eigenvalue weighted by molar-refractivity contribution is 0.415. The topological polar surface area (TPSA) is 55.4 Å². The molecule has 0 aliphatic heterocycles. The van der Waals surface area contributed by atoms with Gasteiger partial charge in [-0.05, 0) is 41.5 Å². The van der Waals surface area contributed by atoms with Gasteiger partial charge in [-0.2, -0.15) is 0 Å². The first-order valence-corrected chi connectivity index (χ1v) is 7.73. The van der Waals surface area contributed by atoms with E-state index in [0.29, 0.717) is 6.54 Å². The van der Waals surface area contributed by atoms with Crippen LogP contribution in [0.2, 0.25) is 0 Å². The summed E-state index contributed by atoms with van der Waals surface area (Å²) < 4.78 is 30.5. The Hall–Kier alpha value is -1.59. The van der Waals surface area contributed by atoms with E-state index in [1.165, 1.54) is 0 Å². The van der Waals surface area contributed by atoms with E-state index in [1.807, 2.05) is 36.4 Å². The van der Waals surface area contributed by atoms with Crippen LogP contribution in [0.1, 0.15) is 12.5 Å². The normalized spacial score (nSPS) is 11.7. The summed E-state index contributed by atoms with van der Waals surface area (Å²) in [5.41, 5.74) is 0.940. The van der Waals surface area contributed by atoms with E-state index in [-0.39, 0.29) is 5.75 Å². The molecule has 0 fully saturated rings. The van der Waals surface area contributed by atoms with Gasteiger partial charge in [0.2, 0.25) is 10.0 Å². The number of ether oxygens (including phenoxy) is 1. The molecule has 2 aromatic rings. The Morgan fingerprint density at radius 1 is 1.11 bits per heavy atom. The van der Waals surface area contributed by atoms with Gasteiger partial charge >= 0.3 is 0 Å². The first kappa shape index (κ1) is 13.8. The fourth-order valence-electron chi connectivity index (χ4n) is 1.81. The van der Waals surface area contributed by atoms with Crippen LogP contribution in [-0.2, 0) is 16.6 Å². The van der Waals surface area contributed by atoms with Crippen LogP contribution in [0.15, 0.2) is 36.4 Å². The number of rotatable bonds is 5. The summed E-state index contributed by atoms with van der Waals surface area (Å²) in [4.78, 5) is 0. The van der Waals surface area contributed by atoms with Gasteiger partial charge in [0.1, 0.15) is 5.75 Å². The average Bonchev–Trinajstić information content (AvgIpc) is 2.44. The van der Waals surface area contributed by atoms with Crippen LogP contribution in [0.3, 0.4) is 0 Å². The molecule has 2 rings (SSSR count). The van der Waals surface area contributed by atoms with Gasteiger partial charge in [0.05, 0.1) is 12.9 Å². The minimum Gasteiger partial charge on any atom is -0.497 e. The van der Waals surface area contributed by atoms with Gasteiger partial charge in [-0.15, -0.1) is 0 Å². The van der Waals surface area contributed by atoms with Crippen LogP contribution in [0.4, 0.5) is 0 Å². The van der Waals surface area contributed by atoms with Gasteiger partial charge in [0, 0.05) is 6.54 Å². The van der Waals surface area contributed by atoms with E-state index < -0.39 is 10.0 Å². The van der Waals surface area contributed by atoms with Crippen LogP contribution in [0.5, 0.6) is 5.75 Å². The second-order valence-corrected chi connectivity index (χ2v) is 6.37. The van der Waals surface area contributed by atoms with Crippen molar-refractivity contribution in [2.45, 2.75) is 13.5 Å². The number of sulfonamides is 1. The summed E-state index contributed by atoms with van der Waals surface area (Å²) in [6.07, 6.45) is 0. The first-order chi connectivity index (χ1) is 9.04. The highest BCUT2D eigenvalue weighted by Crippen LogP contribution is 2.21. The van der Waals surface area contributed by atoms with Crippen molar-refractivity contribution in [2.75, 3.05) is 12.9 Å². The fourth-order valence-corrected chi connectivity index (χ4v) is 2.40. The quantitative estimate of drug-likeness (QED) is 0.913. The van der Waals surface area contributed by atoms with Crippen molar-refractivity contribution < 1.29 is 13.2 Å². The summed E-state index contributed by atoms with van der Waals surface area (Å²) in [7, 11) is -1.52. The molecule has 1 N–H and O–H groups in total. The van der Waals surface area contributed by atoms with Gasteiger partial charge in [-0.25, -0.2) is 13.1 Å². The standard InChI is InChI=1S/C14H17NO3S/c1-3-19(16,17)15-10-11-4-5-13-9-14(18-2)7-6-12(13)8-11/h4-9,15H,3,10H2,1-2H3. The van der Waals surface area contributed by atoms with E-state index >= 15 is 0 Å². The summed E-state index contributed by atoms with van der Waals surface area (Å²) in [6, 6.07) is 11.7. The Morgan fingerprint density at radius 2 is 1.79 bits per heavy atom. The minimum atomic E-state index is -3.15. The largest absolute Gasteiger partial charge is 0.497 e. The molecular weight excluding hydrogens is 262 g/mol. The van der Waals surface area contributed by atoms with E-state index in [1.54, 1.807) is 14.0 Å². The second-order valence-electron chi connectivity index (χ2n) is 4.27. The molecule has 0 amide bonds. The number of hydrogen-bond acceptors (Lipinski definition) is 3. The molecule has 0 saturated carbocycles. The lowest BCUT2D eigenvalue weighted by Gasteiger charge is -2.07. The summed E-state index contributed by atoms with van der Waals surface area (Å²) >= 11 is 0. The molecule has 0 aromatic heterocycles. The van der Waals surface area contributed by atoms with E-state index in [9.17, 15) is 8.42 Å². The molecule has 4 nitrogen and oxygen atoms in total. The van der Waals surface area contributed by atoms with Crippen molar-refractivity contribution in [3.8, 4) is 5.75 Å². The Balaban J connectivity index is 2.22. The number of nitrogens with one attached hydrogen (secondary N) is 1. The third-order valence-electron chi connectivity index (χ3n) is 2.99. The molecule has 0 heterocycles. The highest BCUT2D eigenvalue weighted by Gasteiger charge is 2.06. The Bertz CT molecular complexity index is 680. The Kier molecular flexibility index (Phi) is 4.07. The third kappa shape index (κ3) is 3.45. The van der Waals surface area contributed by atoms with Crippen LogP contribution in [0.25, 0.3) is 10.8 Å². The SMILES string of the molecule is CCS(=O)(=O)NCc1ccc2cc(OC)ccc2c1. The zero-order valence-electron chi connectivity index (χ0n) is 11.0. The van der Waals surface area contributed by atoms with Crippen molar-refractivity contribution >= 4 is 20.8 Å². The molecule has 0 bridgehead atoms. The van der Waals surface area contributed by atoms with E-state index in [0.717, 1.165) is 22.1 Å². The average molecular weight is 279 g/mol. The predicted molar refractivity (Wildman–Crippen MR) is 76.8 cm³/mol. The molecule has 0 atom stereocenters. The van der Waals surface area contributed by atoms with Gasteiger partial charge in [-0.1, -0.05) is 18.2 Å². The molecule has 0 aliphatic rings. The predicted octanol–water partition coefficient (Wildman–Crippen LogP) is 2.29. The maximum atomic E-state index is 11.4. The summed E-state index contributed by atoms with van der Waals surface area (Å²) in [5, 5.41) is 2.13. The number of fused-ring (bicyclic) bond motifs is 1. The Morgan fingerprint density at radius 3 is 2.47 bits per heavy atom. The monoisotopic (exact) mass is 279 g/mol. The maximum absolute atomic E-state index is 11.4. The number of hydrogen-bond donors (Lipinski definition) is 1. The zero-order chi connectivity index (χ0) is 13.9. The fraction of sp³-hybridized carbons (Fsp3) is 0.286. The molecule has 0 aliphatic carbocycles. The summed E-state index contributed by atoms with van der Waals surface area (Å²) in [5.74, 6) is 0.907. The summed E-state index contributed by atoms with van der Waals surface area (Å²) in [6.45, 7) is 1.94. The molecule has 19 heavy (non-hydrogen) atoms. The molecule has 0 spiro atoms. The second kappa shape index (κ2) is 5.59. The van der Waals surface area contributed by atoms with Gasteiger partial charge in [-0.3, -0.25) is 0 Å². The lowest BCUT2D eigenvalue weighted by Crippen LogP contribution is -2.24. The zero-order valence-corrected chi connectivity index (χ0v) is 11.8. The molecule has 5 heteroatoms. The van der Waals surface area contributed by atoms with Gasteiger partial charge in [0.25, 0.3) is 0 Å². The molecule has 0 unspecified atom stereocenters. The Labute approximate surface area is 113 Å². The van der Waals surface area contributed by atoms with Crippen LogP contribution >= 0.6 is 0 Å². The van der Waals surface area contributed by atoms with Crippen molar-refractivity contribution in [2.24, 2.45) is 0 Å². The van der Waals surface area contributed by atoms with Crippen molar-refractivity contribution in [3.63, 3.8) is 0 Å². The van der Waals surface area contributed by atoms with E-state index in [2.05, 4.69) is 4.72 Å². The minimum absolute atomic E-state index is 0.0950. The molecular formula is C14H17NO3S. The van der Waals surface area contributed by atoms with Crippen LogP contribution < -0.4 is 9.46 Å².